The van der Waals surface area contributed by atoms with Crippen LogP contribution in [-0.2, 0) is 0 Å². The van der Waals surface area contributed by atoms with Gasteiger partial charge in [-0.2, -0.15) is 0 Å². The number of nitrogens with zero attached hydrogens (tertiary/aromatic N) is 3. The summed E-state index contributed by atoms with van der Waals surface area (Å²) in [6.07, 6.45) is 1.79. The molecule has 0 bridgehead atoms. The molecule has 4 aromatic rings. The van der Waals surface area contributed by atoms with Gasteiger partial charge in [0, 0.05) is 35.0 Å². The number of ether oxygens (including phenoxy) is 1. The van der Waals surface area contributed by atoms with Gasteiger partial charge >= 0.3 is 5.97 Å². The molecule has 0 saturated carbocycles. The van der Waals surface area contributed by atoms with E-state index in [4.69, 9.17) is 17.0 Å². The van der Waals surface area contributed by atoms with Crippen LogP contribution in [0.3, 0.4) is 0 Å². The average Bonchev–Trinajstić information content (AvgIpc) is 3.39. The van der Waals surface area contributed by atoms with E-state index in [1.165, 1.54) is 0 Å². The van der Waals surface area contributed by atoms with Crippen LogP contribution in [0.5, 0.6) is 5.75 Å². The van der Waals surface area contributed by atoms with E-state index in [1.54, 1.807) is 25.4 Å². The average molecular weight is 513 g/mol. The van der Waals surface area contributed by atoms with Gasteiger partial charge in [0.05, 0.1) is 30.5 Å². The highest BCUT2D eigenvalue weighted by molar-refractivity contribution is 7.80. The van der Waals surface area contributed by atoms with E-state index in [0.717, 1.165) is 45.3 Å². The summed E-state index contributed by atoms with van der Waals surface area (Å²) in [4.78, 5) is 18.5. The van der Waals surface area contributed by atoms with Crippen molar-refractivity contribution in [3.8, 4) is 11.4 Å². The van der Waals surface area contributed by atoms with Gasteiger partial charge in [0.15, 0.2) is 5.11 Å². The van der Waals surface area contributed by atoms with E-state index in [1.807, 2.05) is 62.4 Å². The fraction of sp³-hybridized carbons (Fsp3) is 0.207. The first-order chi connectivity index (χ1) is 17.8. The van der Waals surface area contributed by atoms with Crippen molar-refractivity contribution in [2.24, 2.45) is 0 Å². The first-order valence-electron chi connectivity index (χ1n) is 12.0. The summed E-state index contributed by atoms with van der Waals surface area (Å²) >= 11 is 5.87. The van der Waals surface area contributed by atoms with E-state index in [-0.39, 0.29) is 17.6 Å². The minimum absolute atomic E-state index is 0.194. The van der Waals surface area contributed by atoms with Gasteiger partial charge in [0.1, 0.15) is 5.75 Å². The Bertz CT molecular complexity index is 1500. The number of carboxylic acid groups (broad SMARTS) is 1. The Hall–Kier alpha value is -4.17. The van der Waals surface area contributed by atoms with Crippen molar-refractivity contribution < 1.29 is 14.6 Å². The van der Waals surface area contributed by atoms with E-state index in [0.29, 0.717) is 5.11 Å². The lowest BCUT2D eigenvalue weighted by molar-refractivity contribution is 0.0697. The molecule has 37 heavy (non-hydrogen) atoms. The second-order valence-corrected chi connectivity index (χ2v) is 9.55. The van der Waals surface area contributed by atoms with Crippen molar-refractivity contribution in [1.29, 1.82) is 0 Å². The molecule has 8 heteroatoms. The van der Waals surface area contributed by atoms with Crippen LogP contribution in [0.1, 0.15) is 50.7 Å². The molecule has 2 N–H and O–H groups in total. The molecule has 1 saturated heterocycles. The zero-order valence-corrected chi connectivity index (χ0v) is 21.9. The number of aromatic nitrogens is 2. The molecule has 2 aromatic carbocycles. The van der Waals surface area contributed by atoms with Crippen LogP contribution in [0.25, 0.3) is 5.69 Å². The molecule has 0 spiro atoms. The van der Waals surface area contributed by atoms with Crippen LogP contribution in [-0.4, -0.2) is 32.8 Å². The molecule has 1 fully saturated rings. The van der Waals surface area contributed by atoms with Crippen molar-refractivity contribution in [3.63, 3.8) is 0 Å². The Labute approximate surface area is 221 Å². The largest absolute Gasteiger partial charge is 0.497 e. The smallest absolute Gasteiger partial charge is 0.335 e. The molecule has 0 aliphatic carbocycles. The van der Waals surface area contributed by atoms with Crippen LogP contribution in [0.2, 0.25) is 0 Å². The number of hydrogen-bond acceptors (Lipinski definition) is 4. The predicted octanol–water partition coefficient (Wildman–Crippen LogP) is 5.68. The van der Waals surface area contributed by atoms with Crippen molar-refractivity contribution in [3.05, 3.63) is 107 Å². The van der Waals surface area contributed by atoms with Crippen LogP contribution < -0.4 is 15.0 Å². The Morgan fingerprint density at radius 2 is 1.86 bits per heavy atom. The number of hydrogen-bond donors (Lipinski definition) is 2. The number of pyridine rings is 1. The number of carboxylic acids is 1. The van der Waals surface area contributed by atoms with Crippen LogP contribution in [0, 0.1) is 20.8 Å². The van der Waals surface area contributed by atoms with Crippen molar-refractivity contribution >= 4 is 29.0 Å². The number of thiocarbonyl (C=S) groups is 1. The first kappa shape index (κ1) is 24.5. The molecule has 188 valence electrons. The first-order valence-corrected chi connectivity index (χ1v) is 12.4. The Balaban J connectivity index is 1.70. The zero-order chi connectivity index (χ0) is 26.3. The zero-order valence-electron chi connectivity index (χ0n) is 21.1. The van der Waals surface area contributed by atoms with Crippen molar-refractivity contribution in [2.45, 2.75) is 32.9 Å². The van der Waals surface area contributed by atoms with E-state index >= 15 is 0 Å². The molecule has 0 amide bonds. The quantitative estimate of drug-likeness (QED) is 0.322. The number of aryl methyl sites for hydroxylation is 2. The van der Waals surface area contributed by atoms with Gasteiger partial charge in [-0.15, -0.1) is 0 Å². The second-order valence-electron chi connectivity index (χ2n) is 9.17. The van der Waals surface area contributed by atoms with Gasteiger partial charge in [0.2, 0.25) is 0 Å². The molecule has 0 radical (unpaired) electrons. The molecular formula is C29H28N4O3S. The highest BCUT2D eigenvalue weighted by atomic mass is 32.1. The summed E-state index contributed by atoms with van der Waals surface area (Å²) in [5.41, 5.74) is 6.96. The summed E-state index contributed by atoms with van der Waals surface area (Å²) < 4.78 is 7.62. The third-order valence-corrected chi connectivity index (χ3v) is 7.23. The predicted molar refractivity (Wildman–Crippen MR) is 148 cm³/mol. The Morgan fingerprint density at radius 3 is 2.57 bits per heavy atom. The minimum Gasteiger partial charge on any atom is -0.497 e. The molecule has 3 heterocycles. The summed E-state index contributed by atoms with van der Waals surface area (Å²) in [5, 5.41) is 13.7. The van der Waals surface area contributed by atoms with Gasteiger partial charge < -0.3 is 24.6 Å². The van der Waals surface area contributed by atoms with Crippen molar-refractivity contribution in [1.82, 2.24) is 14.9 Å². The number of aromatic carboxylic acids is 1. The molecule has 5 rings (SSSR count). The van der Waals surface area contributed by atoms with Gasteiger partial charge in [-0.05, 0) is 86.6 Å². The highest BCUT2D eigenvalue weighted by Crippen LogP contribution is 2.44. The van der Waals surface area contributed by atoms with Crippen LogP contribution >= 0.6 is 12.2 Å². The standard InChI is InChI=1S/C29H28N4O3S/c1-17-11-12-20(28(34)35)15-25(17)32-18(2)14-23(19(32)3)27-26(24-10-5-6-13-30-24)31-29(37)33(27)21-8-7-9-22(16-21)36-4/h5-16,26-27H,1-4H3,(H,31,37)(H,34,35). The second kappa shape index (κ2) is 9.71. The lowest BCUT2D eigenvalue weighted by Gasteiger charge is -2.28. The number of rotatable bonds is 6. The number of nitrogens with one attached hydrogen (secondary N) is 1. The highest BCUT2D eigenvalue weighted by Gasteiger charge is 2.42. The number of methoxy groups -OCH3 is 1. The number of carbonyl (C=O) groups is 1. The van der Waals surface area contributed by atoms with E-state index in [2.05, 4.69) is 32.8 Å². The molecule has 7 nitrogen and oxygen atoms in total. The maximum atomic E-state index is 11.7. The Morgan fingerprint density at radius 1 is 1.05 bits per heavy atom. The SMILES string of the molecule is COc1cccc(N2C(=S)NC(c3ccccn3)C2c2cc(C)n(-c3cc(C(=O)O)ccc3C)c2C)c1. The normalized spacial score (nSPS) is 17.1. The maximum Gasteiger partial charge on any atom is 0.335 e. The third kappa shape index (κ3) is 4.34. The fourth-order valence-electron chi connectivity index (χ4n) is 5.15. The third-order valence-electron chi connectivity index (χ3n) is 6.92. The molecular weight excluding hydrogens is 484 g/mol. The number of benzene rings is 2. The summed E-state index contributed by atoms with van der Waals surface area (Å²) in [5.74, 6) is -0.208. The minimum atomic E-state index is -0.950. The lowest BCUT2D eigenvalue weighted by atomic mass is 9.96. The monoisotopic (exact) mass is 512 g/mol. The summed E-state index contributed by atoms with van der Waals surface area (Å²) in [7, 11) is 1.65. The molecule has 2 aromatic heterocycles. The van der Waals surface area contributed by atoms with Gasteiger partial charge in [-0.25, -0.2) is 4.79 Å². The maximum absolute atomic E-state index is 11.7. The molecule has 2 unspecified atom stereocenters. The number of anilines is 1. The van der Waals surface area contributed by atoms with Crippen molar-refractivity contribution in [2.75, 3.05) is 12.0 Å². The van der Waals surface area contributed by atoms with E-state index < -0.39 is 5.97 Å². The summed E-state index contributed by atoms with van der Waals surface area (Å²) in [6, 6.07) is 20.7. The summed E-state index contributed by atoms with van der Waals surface area (Å²) in [6.45, 7) is 6.09. The van der Waals surface area contributed by atoms with Crippen LogP contribution in [0.15, 0.2) is 72.9 Å². The van der Waals surface area contributed by atoms with Gasteiger partial charge in [-0.3, -0.25) is 4.98 Å². The fourth-order valence-corrected chi connectivity index (χ4v) is 5.50. The van der Waals surface area contributed by atoms with Gasteiger partial charge in [0.25, 0.3) is 0 Å². The topological polar surface area (TPSA) is 79.6 Å². The van der Waals surface area contributed by atoms with Gasteiger partial charge in [-0.1, -0.05) is 18.2 Å². The Kier molecular flexibility index (Phi) is 6.43. The van der Waals surface area contributed by atoms with Crippen LogP contribution in [0.4, 0.5) is 5.69 Å². The molecule has 1 aliphatic rings. The lowest BCUT2D eigenvalue weighted by Crippen LogP contribution is -2.29. The van der Waals surface area contributed by atoms with E-state index in [9.17, 15) is 9.90 Å². The molecule has 1 aliphatic heterocycles. The molecule has 2 atom stereocenters.